The van der Waals surface area contributed by atoms with Gasteiger partial charge in [-0.25, -0.2) is 9.98 Å². The maximum absolute atomic E-state index is 5.67. The smallest absolute Gasteiger partial charge is 0.159 e. The molecule has 16 aromatic rings. The summed E-state index contributed by atoms with van der Waals surface area (Å²) in [6.45, 7) is 0. The zero-order valence-corrected chi connectivity index (χ0v) is 46.8. The molecule has 0 spiro atoms. The van der Waals surface area contributed by atoms with E-state index in [-0.39, 0.29) is 0 Å². The number of fused-ring (bicyclic) bond motifs is 12. The Kier molecular flexibility index (Phi) is 11.6. The van der Waals surface area contributed by atoms with Crippen LogP contribution in [0, 0.1) is 0 Å². The Hall–Kier alpha value is -11.4. The number of aromatic nitrogens is 2. The molecule has 0 aliphatic carbocycles. The molecule has 5 nitrogen and oxygen atoms in total. The third-order valence-corrected chi connectivity index (χ3v) is 17.6. The van der Waals surface area contributed by atoms with Gasteiger partial charge in [0, 0.05) is 43.9 Å². The minimum absolute atomic E-state index is 0.548. The summed E-state index contributed by atoms with van der Waals surface area (Å²) in [4.78, 5) is 11.2. The van der Waals surface area contributed by atoms with E-state index in [4.69, 9.17) is 9.98 Å². The standard InChI is InChI=1S/C81H53N5/c1-5-21-52(22-6-1)55-39-41-56(42-40-55)79-82-80(59-45-46-65-63-31-14-13-29-61(63)62-30-15-16-32-64(62)71(65)49-59)84-81(83-79)70-48-44-58(54-25-9-3-10-26-54)51-76(70)86-72-36-18-17-33-68(72)77-66(35-20-38-74(77)86)67-34-19-37-73-78(67)69-47-43-57(53-23-7-2-8-24-53)50-75(69)85(73)60-27-11-4-12-28-60/h1-51,81H,(H,82,83,84). The van der Waals surface area contributed by atoms with Gasteiger partial charge in [-0.1, -0.05) is 261 Å². The van der Waals surface area contributed by atoms with Crippen molar-refractivity contribution in [2.45, 2.75) is 6.17 Å². The lowest BCUT2D eigenvalue weighted by Gasteiger charge is -2.27. The molecule has 0 saturated heterocycles. The van der Waals surface area contributed by atoms with Crippen LogP contribution >= 0.6 is 0 Å². The molecule has 1 unspecified atom stereocenters. The first-order valence-electron chi connectivity index (χ1n) is 29.5. The van der Waals surface area contributed by atoms with E-state index in [1.807, 2.05) is 0 Å². The van der Waals surface area contributed by atoms with Crippen LogP contribution in [-0.2, 0) is 0 Å². The van der Waals surface area contributed by atoms with Gasteiger partial charge in [-0.05, 0) is 125 Å². The number of amidine groups is 2. The summed E-state index contributed by atoms with van der Waals surface area (Å²) in [5, 5.41) is 16.1. The van der Waals surface area contributed by atoms with Crippen molar-refractivity contribution in [1.82, 2.24) is 14.5 Å². The van der Waals surface area contributed by atoms with Crippen LogP contribution in [0.1, 0.15) is 22.9 Å². The molecule has 17 rings (SSSR count). The SMILES string of the molecule is c1ccc(-c2ccc(C3=NC(c4ccc(-c5ccccc5)cc4-n4c5ccccc5c5c(-c6cccc7c6c6ccc(-c8ccccc8)cc6n7-c6ccccc6)cccc54)NC(c4ccc5c6ccccc6c6ccccc6c5c4)=N3)cc2)cc1. The molecule has 0 bridgehead atoms. The highest BCUT2D eigenvalue weighted by molar-refractivity contribution is 6.27. The van der Waals surface area contributed by atoms with Gasteiger partial charge in [0.25, 0.3) is 0 Å². The number of benzene rings is 14. The molecule has 0 fully saturated rings. The summed E-state index contributed by atoms with van der Waals surface area (Å²) >= 11 is 0. The van der Waals surface area contributed by atoms with Gasteiger partial charge in [-0.15, -0.1) is 0 Å². The molecule has 86 heavy (non-hydrogen) atoms. The third-order valence-electron chi connectivity index (χ3n) is 17.6. The zero-order valence-electron chi connectivity index (χ0n) is 46.8. The Morgan fingerprint density at radius 2 is 0.709 bits per heavy atom. The van der Waals surface area contributed by atoms with Crippen LogP contribution in [0.15, 0.2) is 319 Å². The molecular formula is C81H53N5. The van der Waals surface area contributed by atoms with Crippen molar-refractivity contribution in [1.29, 1.82) is 0 Å². The van der Waals surface area contributed by atoms with Crippen molar-refractivity contribution in [2.24, 2.45) is 9.98 Å². The number of nitrogens with one attached hydrogen (secondary N) is 1. The Labute approximate surface area is 497 Å². The van der Waals surface area contributed by atoms with Crippen molar-refractivity contribution in [3.63, 3.8) is 0 Å². The summed E-state index contributed by atoms with van der Waals surface area (Å²) in [6.07, 6.45) is -0.548. The fraction of sp³-hybridized carbons (Fsp3) is 0.0123. The summed E-state index contributed by atoms with van der Waals surface area (Å²) in [6, 6.07) is 112. The number of rotatable bonds is 9. The normalized spacial score (nSPS) is 13.5. The highest BCUT2D eigenvalue weighted by atomic mass is 15.2. The zero-order chi connectivity index (χ0) is 56.7. The van der Waals surface area contributed by atoms with Crippen molar-refractivity contribution >= 4 is 87.6 Å². The minimum Gasteiger partial charge on any atom is -0.344 e. The Morgan fingerprint density at radius 3 is 1.34 bits per heavy atom. The molecule has 402 valence electrons. The molecule has 1 aliphatic rings. The van der Waals surface area contributed by atoms with Gasteiger partial charge >= 0.3 is 0 Å². The van der Waals surface area contributed by atoms with E-state index < -0.39 is 6.17 Å². The number of hydrogen-bond donors (Lipinski definition) is 1. The second-order valence-electron chi connectivity index (χ2n) is 22.4. The molecule has 0 radical (unpaired) electrons. The molecule has 1 N–H and O–H groups in total. The lowest BCUT2D eigenvalue weighted by atomic mass is 9.93. The van der Waals surface area contributed by atoms with E-state index in [1.165, 1.54) is 76.1 Å². The van der Waals surface area contributed by atoms with Crippen molar-refractivity contribution in [2.75, 3.05) is 0 Å². The van der Waals surface area contributed by atoms with Crippen molar-refractivity contribution in [3.8, 4) is 55.9 Å². The average molecular weight is 1100 g/mol. The van der Waals surface area contributed by atoms with Crippen LogP contribution in [0.4, 0.5) is 0 Å². The minimum atomic E-state index is -0.548. The molecule has 0 saturated carbocycles. The van der Waals surface area contributed by atoms with Crippen LogP contribution in [-0.4, -0.2) is 20.8 Å². The molecule has 2 aromatic heterocycles. The topological polar surface area (TPSA) is 46.6 Å². The molecule has 1 aliphatic heterocycles. The van der Waals surface area contributed by atoms with Gasteiger partial charge in [0.15, 0.2) is 5.84 Å². The van der Waals surface area contributed by atoms with E-state index in [0.717, 1.165) is 78.2 Å². The Bertz CT molecular complexity index is 5370. The molecule has 0 amide bonds. The third kappa shape index (κ3) is 8.08. The van der Waals surface area contributed by atoms with E-state index in [9.17, 15) is 0 Å². The van der Waals surface area contributed by atoms with Crippen LogP contribution < -0.4 is 5.32 Å². The molecule has 14 aromatic carbocycles. The second kappa shape index (κ2) is 20.2. The molecule has 5 heteroatoms. The van der Waals surface area contributed by atoms with Crippen LogP contribution in [0.3, 0.4) is 0 Å². The maximum Gasteiger partial charge on any atom is 0.159 e. The summed E-state index contributed by atoms with van der Waals surface area (Å²) in [5.41, 5.74) is 18.9. The lowest BCUT2D eigenvalue weighted by molar-refractivity contribution is 0.671. The van der Waals surface area contributed by atoms with Crippen LogP contribution in [0.5, 0.6) is 0 Å². The van der Waals surface area contributed by atoms with Crippen molar-refractivity contribution in [3.05, 3.63) is 326 Å². The molecule has 1 atom stereocenters. The van der Waals surface area contributed by atoms with E-state index >= 15 is 0 Å². The lowest BCUT2D eigenvalue weighted by Crippen LogP contribution is -2.34. The monoisotopic (exact) mass is 1100 g/mol. The Balaban J connectivity index is 0.885. The van der Waals surface area contributed by atoms with Gasteiger partial charge in [-0.2, -0.15) is 0 Å². The summed E-state index contributed by atoms with van der Waals surface area (Å²) < 4.78 is 4.92. The largest absolute Gasteiger partial charge is 0.344 e. The average Bonchev–Trinajstić information content (AvgIpc) is 1.82. The van der Waals surface area contributed by atoms with Gasteiger partial charge < -0.3 is 14.5 Å². The summed E-state index contributed by atoms with van der Waals surface area (Å²) in [7, 11) is 0. The van der Waals surface area contributed by atoms with E-state index in [1.54, 1.807) is 0 Å². The Morgan fingerprint density at radius 1 is 0.279 bits per heavy atom. The van der Waals surface area contributed by atoms with Crippen molar-refractivity contribution < 1.29 is 0 Å². The van der Waals surface area contributed by atoms with Gasteiger partial charge in [0.05, 0.1) is 27.8 Å². The molecular weight excluding hydrogens is 1040 g/mol. The van der Waals surface area contributed by atoms with Gasteiger partial charge in [-0.3, -0.25) is 0 Å². The first kappa shape index (κ1) is 49.2. The van der Waals surface area contributed by atoms with Gasteiger partial charge in [0.2, 0.25) is 0 Å². The van der Waals surface area contributed by atoms with E-state index in [2.05, 4.69) is 324 Å². The quantitative estimate of drug-likeness (QED) is 0.144. The fourth-order valence-corrected chi connectivity index (χ4v) is 13.6. The van der Waals surface area contributed by atoms with Gasteiger partial charge in [0.1, 0.15) is 12.0 Å². The van der Waals surface area contributed by atoms with Crippen LogP contribution in [0.2, 0.25) is 0 Å². The number of aliphatic imine (C=N–C) groups is 2. The first-order valence-corrected chi connectivity index (χ1v) is 29.5. The second-order valence-corrected chi connectivity index (χ2v) is 22.4. The molecule has 3 heterocycles. The summed E-state index contributed by atoms with van der Waals surface area (Å²) in [5.74, 6) is 1.42. The highest BCUT2D eigenvalue weighted by Gasteiger charge is 2.28. The van der Waals surface area contributed by atoms with Crippen LogP contribution in [0.25, 0.3) is 132 Å². The maximum atomic E-state index is 5.67. The predicted molar refractivity (Wildman–Crippen MR) is 361 cm³/mol. The first-order chi connectivity index (χ1) is 42.7. The van der Waals surface area contributed by atoms with E-state index in [0.29, 0.717) is 5.84 Å². The number of hydrogen-bond acceptors (Lipinski definition) is 3. The predicted octanol–water partition coefficient (Wildman–Crippen LogP) is 20.5. The number of para-hydroxylation sites is 2. The number of nitrogens with zero attached hydrogens (tertiary/aromatic N) is 4. The fourth-order valence-electron chi connectivity index (χ4n) is 13.6. The highest BCUT2D eigenvalue weighted by Crippen LogP contribution is 2.46.